The molecule has 0 aliphatic heterocycles. The molecule has 0 fully saturated rings. The first-order valence-electron chi connectivity index (χ1n) is 6.58. The minimum atomic E-state index is -0.738. The fourth-order valence-electron chi connectivity index (χ4n) is 1.79. The van der Waals surface area contributed by atoms with Crippen molar-refractivity contribution in [1.82, 2.24) is 0 Å². The van der Waals surface area contributed by atoms with Crippen molar-refractivity contribution >= 4 is 5.97 Å². The summed E-state index contributed by atoms with van der Waals surface area (Å²) >= 11 is 0. The van der Waals surface area contributed by atoms with Crippen LogP contribution in [0, 0.1) is 5.92 Å². The Bertz CT molecular complexity index is 335. The highest BCUT2D eigenvalue weighted by molar-refractivity contribution is 5.70. The van der Waals surface area contributed by atoms with Crippen molar-refractivity contribution in [1.29, 1.82) is 0 Å². The highest BCUT2D eigenvalue weighted by Gasteiger charge is 2.17. The van der Waals surface area contributed by atoms with Crippen LogP contribution in [-0.4, -0.2) is 24.3 Å². The number of carboxylic acids is 1. The maximum atomic E-state index is 11.2. The SMILES string of the molecule is CCCCOCCC(Cc1ccccc1)C(=O)O. The first-order chi connectivity index (χ1) is 8.74. The van der Waals surface area contributed by atoms with Gasteiger partial charge in [-0.3, -0.25) is 4.79 Å². The molecule has 0 aromatic heterocycles. The Labute approximate surface area is 109 Å². The van der Waals surface area contributed by atoms with Crippen molar-refractivity contribution in [3.05, 3.63) is 35.9 Å². The molecule has 0 heterocycles. The summed E-state index contributed by atoms with van der Waals surface area (Å²) in [6, 6.07) is 9.74. The first kappa shape index (κ1) is 14.7. The van der Waals surface area contributed by atoms with E-state index >= 15 is 0 Å². The smallest absolute Gasteiger partial charge is 0.306 e. The molecule has 1 N–H and O–H groups in total. The van der Waals surface area contributed by atoms with Crippen LogP contribution < -0.4 is 0 Å². The average molecular weight is 250 g/mol. The lowest BCUT2D eigenvalue weighted by molar-refractivity contribution is -0.142. The van der Waals surface area contributed by atoms with Crippen LogP contribution in [0.1, 0.15) is 31.7 Å². The number of hydrogen-bond donors (Lipinski definition) is 1. The fourth-order valence-corrected chi connectivity index (χ4v) is 1.79. The van der Waals surface area contributed by atoms with E-state index in [1.807, 2.05) is 30.3 Å². The molecule has 1 rings (SSSR count). The third kappa shape index (κ3) is 5.82. The van der Waals surface area contributed by atoms with Gasteiger partial charge in [-0.05, 0) is 24.8 Å². The Hall–Kier alpha value is -1.35. The van der Waals surface area contributed by atoms with Gasteiger partial charge in [0.25, 0.3) is 0 Å². The number of carboxylic acid groups (broad SMARTS) is 1. The van der Waals surface area contributed by atoms with Crippen molar-refractivity contribution in [2.75, 3.05) is 13.2 Å². The Kier molecular flexibility index (Phi) is 7.11. The van der Waals surface area contributed by atoms with Gasteiger partial charge >= 0.3 is 5.97 Å². The minimum Gasteiger partial charge on any atom is -0.481 e. The van der Waals surface area contributed by atoms with Crippen LogP contribution in [0.5, 0.6) is 0 Å². The van der Waals surface area contributed by atoms with E-state index in [-0.39, 0.29) is 5.92 Å². The molecular weight excluding hydrogens is 228 g/mol. The molecule has 0 aliphatic rings. The molecule has 1 aromatic carbocycles. The van der Waals surface area contributed by atoms with Crippen molar-refractivity contribution < 1.29 is 14.6 Å². The summed E-state index contributed by atoms with van der Waals surface area (Å²) in [5, 5.41) is 9.18. The maximum absolute atomic E-state index is 11.2. The fraction of sp³-hybridized carbons (Fsp3) is 0.533. The van der Waals surface area contributed by atoms with E-state index in [2.05, 4.69) is 6.92 Å². The van der Waals surface area contributed by atoms with Crippen molar-refractivity contribution in [2.45, 2.75) is 32.6 Å². The van der Waals surface area contributed by atoms with Crippen LogP contribution >= 0.6 is 0 Å². The van der Waals surface area contributed by atoms with E-state index in [1.54, 1.807) is 0 Å². The highest BCUT2D eigenvalue weighted by atomic mass is 16.5. The molecule has 0 saturated heterocycles. The van der Waals surface area contributed by atoms with Crippen molar-refractivity contribution in [3.8, 4) is 0 Å². The lowest BCUT2D eigenvalue weighted by Crippen LogP contribution is -2.18. The lowest BCUT2D eigenvalue weighted by Gasteiger charge is -2.12. The monoisotopic (exact) mass is 250 g/mol. The molecule has 0 spiro atoms. The zero-order valence-corrected chi connectivity index (χ0v) is 11.0. The molecule has 0 radical (unpaired) electrons. The summed E-state index contributed by atoms with van der Waals surface area (Å²) in [5.74, 6) is -1.09. The summed E-state index contributed by atoms with van der Waals surface area (Å²) in [5.41, 5.74) is 1.07. The van der Waals surface area contributed by atoms with Gasteiger partial charge in [-0.2, -0.15) is 0 Å². The number of ether oxygens (including phenoxy) is 1. The number of unbranched alkanes of at least 4 members (excludes halogenated alkanes) is 1. The summed E-state index contributed by atoms with van der Waals surface area (Å²) in [6.45, 7) is 3.37. The van der Waals surface area contributed by atoms with Gasteiger partial charge in [-0.1, -0.05) is 43.7 Å². The molecular formula is C15H22O3. The number of benzene rings is 1. The van der Waals surface area contributed by atoms with Gasteiger partial charge in [0, 0.05) is 13.2 Å². The van der Waals surface area contributed by atoms with Gasteiger partial charge < -0.3 is 9.84 Å². The molecule has 3 heteroatoms. The second-order valence-corrected chi connectivity index (χ2v) is 4.48. The number of carbonyl (C=O) groups is 1. The van der Waals surface area contributed by atoms with Crippen LogP contribution in [-0.2, 0) is 16.0 Å². The zero-order chi connectivity index (χ0) is 13.2. The van der Waals surface area contributed by atoms with E-state index in [0.29, 0.717) is 19.4 Å². The predicted molar refractivity (Wildman–Crippen MR) is 71.6 cm³/mol. The van der Waals surface area contributed by atoms with Gasteiger partial charge in [0.1, 0.15) is 0 Å². The Balaban J connectivity index is 2.34. The molecule has 18 heavy (non-hydrogen) atoms. The van der Waals surface area contributed by atoms with Crippen LogP contribution in [0.2, 0.25) is 0 Å². The van der Waals surface area contributed by atoms with E-state index < -0.39 is 5.97 Å². The van der Waals surface area contributed by atoms with Gasteiger partial charge in [-0.25, -0.2) is 0 Å². The molecule has 0 aliphatic carbocycles. The van der Waals surface area contributed by atoms with Gasteiger partial charge in [-0.15, -0.1) is 0 Å². The first-order valence-corrected chi connectivity index (χ1v) is 6.58. The number of rotatable bonds is 9. The van der Waals surface area contributed by atoms with Crippen LogP contribution in [0.15, 0.2) is 30.3 Å². The molecule has 0 bridgehead atoms. The summed E-state index contributed by atoms with van der Waals surface area (Å²) < 4.78 is 5.43. The van der Waals surface area contributed by atoms with Crippen molar-refractivity contribution in [3.63, 3.8) is 0 Å². The minimum absolute atomic E-state index is 0.353. The highest BCUT2D eigenvalue weighted by Crippen LogP contribution is 2.13. The summed E-state index contributed by atoms with van der Waals surface area (Å²) in [4.78, 5) is 11.2. The molecule has 1 aromatic rings. The van der Waals surface area contributed by atoms with E-state index in [1.165, 1.54) is 0 Å². The Morgan fingerprint density at radius 2 is 2.00 bits per heavy atom. The second kappa shape index (κ2) is 8.70. The van der Waals surface area contributed by atoms with Crippen molar-refractivity contribution in [2.24, 2.45) is 5.92 Å². The van der Waals surface area contributed by atoms with Crippen LogP contribution in [0.25, 0.3) is 0 Å². The van der Waals surface area contributed by atoms with Gasteiger partial charge in [0.2, 0.25) is 0 Å². The Morgan fingerprint density at radius 1 is 1.28 bits per heavy atom. The van der Waals surface area contributed by atoms with Crippen LogP contribution in [0.3, 0.4) is 0 Å². The molecule has 1 unspecified atom stereocenters. The second-order valence-electron chi connectivity index (χ2n) is 4.48. The van der Waals surface area contributed by atoms with E-state index in [0.717, 1.165) is 25.0 Å². The number of hydrogen-bond acceptors (Lipinski definition) is 2. The molecule has 0 saturated carbocycles. The normalized spacial score (nSPS) is 12.3. The van der Waals surface area contributed by atoms with E-state index in [4.69, 9.17) is 4.74 Å². The topological polar surface area (TPSA) is 46.5 Å². The van der Waals surface area contributed by atoms with Crippen LogP contribution in [0.4, 0.5) is 0 Å². The number of aliphatic carboxylic acids is 1. The third-order valence-electron chi connectivity index (χ3n) is 2.93. The maximum Gasteiger partial charge on any atom is 0.306 e. The summed E-state index contributed by atoms with van der Waals surface area (Å²) in [7, 11) is 0. The molecule has 1 atom stereocenters. The van der Waals surface area contributed by atoms with Gasteiger partial charge in [0.05, 0.1) is 5.92 Å². The largest absolute Gasteiger partial charge is 0.481 e. The zero-order valence-electron chi connectivity index (χ0n) is 11.0. The summed E-state index contributed by atoms with van der Waals surface area (Å²) in [6.07, 6.45) is 3.30. The predicted octanol–water partition coefficient (Wildman–Crippen LogP) is 3.14. The quantitative estimate of drug-likeness (QED) is 0.685. The van der Waals surface area contributed by atoms with E-state index in [9.17, 15) is 9.90 Å². The third-order valence-corrected chi connectivity index (χ3v) is 2.93. The molecule has 100 valence electrons. The van der Waals surface area contributed by atoms with Gasteiger partial charge in [0.15, 0.2) is 0 Å². The Morgan fingerprint density at radius 3 is 2.61 bits per heavy atom. The standard InChI is InChI=1S/C15H22O3/c1-2-3-10-18-11-9-14(15(16)17)12-13-7-5-4-6-8-13/h4-8,14H,2-3,9-12H2,1H3,(H,16,17). The average Bonchev–Trinajstić information content (AvgIpc) is 2.38. The lowest BCUT2D eigenvalue weighted by atomic mass is 9.97. The molecule has 3 nitrogen and oxygen atoms in total. The molecule has 0 amide bonds.